The molecule has 0 bridgehead atoms. The molecule has 0 amide bonds. The van der Waals surface area contributed by atoms with Crippen LogP contribution in [0.15, 0.2) is 91.0 Å². The van der Waals surface area contributed by atoms with Gasteiger partial charge in [-0.3, -0.25) is 0 Å². The summed E-state index contributed by atoms with van der Waals surface area (Å²) in [5.74, 6) is -0.0256. The Balaban J connectivity index is 0.00000256. The lowest BCUT2D eigenvalue weighted by Gasteiger charge is -2.40. The Morgan fingerprint density at radius 1 is 0.767 bits per heavy atom. The van der Waals surface area contributed by atoms with Crippen LogP contribution >= 0.6 is 7.26 Å². The standard InChI is InChI=1S/C26H28O2P.BrH/c1-2-28-25(27)26(20-12-13-21-26)29(22-14-6-3-7-15-22,23-16-8-4-9-17-23)24-18-10-5-11-19-24;/h3-11,14-19H,2,12-13,20-21H2,1H3;1H/q+1;/p-1. The molecule has 0 aliphatic heterocycles. The number of esters is 1. The molecule has 3 aromatic carbocycles. The van der Waals surface area contributed by atoms with Crippen LogP contribution in [0, 0.1) is 0 Å². The van der Waals surface area contributed by atoms with Crippen LogP contribution < -0.4 is 32.9 Å². The highest BCUT2D eigenvalue weighted by atomic mass is 79.9. The zero-order valence-electron chi connectivity index (χ0n) is 17.3. The lowest BCUT2D eigenvalue weighted by molar-refractivity contribution is -0.146. The van der Waals surface area contributed by atoms with Crippen molar-refractivity contribution in [3.8, 4) is 0 Å². The molecule has 0 unspecified atom stereocenters. The maximum atomic E-state index is 13.7. The summed E-state index contributed by atoms with van der Waals surface area (Å²) in [4.78, 5) is 13.7. The fourth-order valence-electron chi connectivity index (χ4n) is 5.05. The van der Waals surface area contributed by atoms with Gasteiger partial charge >= 0.3 is 5.97 Å². The van der Waals surface area contributed by atoms with Gasteiger partial charge in [-0.15, -0.1) is 0 Å². The van der Waals surface area contributed by atoms with E-state index in [9.17, 15) is 4.79 Å². The summed E-state index contributed by atoms with van der Waals surface area (Å²) in [6.07, 6.45) is 3.87. The van der Waals surface area contributed by atoms with E-state index in [0.29, 0.717) is 6.61 Å². The van der Waals surface area contributed by atoms with Crippen molar-refractivity contribution >= 4 is 29.1 Å². The van der Waals surface area contributed by atoms with Crippen LogP contribution in [0.25, 0.3) is 0 Å². The number of hydrogen-bond donors (Lipinski definition) is 0. The van der Waals surface area contributed by atoms with E-state index in [2.05, 4.69) is 91.0 Å². The molecule has 156 valence electrons. The van der Waals surface area contributed by atoms with Crippen LogP contribution in [0.4, 0.5) is 0 Å². The van der Waals surface area contributed by atoms with Crippen molar-refractivity contribution in [2.24, 2.45) is 0 Å². The van der Waals surface area contributed by atoms with Crippen LogP contribution in [0.2, 0.25) is 0 Å². The van der Waals surface area contributed by atoms with Crippen molar-refractivity contribution in [3.63, 3.8) is 0 Å². The Morgan fingerprint density at radius 3 is 1.47 bits per heavy atom. The molecule has 0 spiro atoms. The Labute approximate surface area is 190 Å². The van der Waals surface area contributed by atoms with E-state index in [0.717, 1.165) is 25.7 Å². The zero-order valence-corrected chi connectivity index (χ0v) is 19.8. The predicted octanol–water partition coefficient (Wildman–Crippen LogP) is 1.86. The minimum atomic E-state index is -2.29. The number of benzene rings is 3. The fraction of sp³-hybridized carbons (Fsp3) is 0.269. The van der Waals surface area contributed by atoms with Crippen molar-refractivity contribution in [1.29, 1.82) is 0 Å². The maximum absolute atomic E-state index is 13.7. The lowest BCUT2D eigenvalue weighted by atomic mass is 10.1. The first kappa shape index (κ1) is 22.7. The molecule has 0 saturated heterocycles. The number of rotatable bonds is 6. The predicted molar refractivity (Wildman–Crippen MR) is 123 cm³/mol. The van der Waals surface area contributed by atoms with E-state index in [1.165, 1.54) is 15.9 Å². The van der Waals surface area contributed by atoms with Crippen molar-refractivity contribution in [2.45, 2.75) is 37.8 Å². The van der Waals surface area contributed by atoms with Gasteiger partial charge in [-0.25, -0.2) is 4.79 Å². The average Bonchev–Trinajstić information content (AvgIpc) is 3.28. The van der Waals surface area contributed by atoms with Crippen LogP contribution in [-0.2, 0) is 9.53 Å². The van der Waals surface area contributed by atoms with E-state index < -0.39 is 12.4 Å². The molecule has 1 saturated carbocycles. The molecule has 0 aromatic heterocycles. The molecule has 1 aliphatic rings. The fourth-order valence-corrected chi connectivity index (χ4v) is 10.6. The topological polar surface area (TPSA) is 26.3 Å². The summed E-state index contributed by atoms with van der Waals surface area (Å²) in [5.41, 5.74) is 0. The number of hydrogen-bond acceptors (Lipinski definition) is 2. The van der Waals surface area contributed by atoms with Crippen molar-refractivity contribution < 1.29 is 26.5 Å². The van der Waals surface area contributed by atoms with Gasteiger partial charge in [0.25, 0.3) is 0 Å². The molecule has 3 aromatic rings. The van der Waals surface area contributed by atoms with E-state index in [4.69, 9.17) is 4.74 Å². The molecule has 0 N–H and O–H groups in total. The molecular formula is C26H28BrO2P. The first-order chi connectivity index (χ1) is 14.3. The number of carbonyl (C=O) groups excluding carboxylic acids is 1. The van der Waals surface area contributed by atoms with E-state index in [1.54, 1.807) is 0 Å². The third-order valence-electron chi connectivity index (χ3n) is 6.16. The zero-order chi connectivity index (χ0) is 20.2. The summed E-state index contributed by atoms with van der Waals surface area (Å²) in [6, 6.07) is 32.1. The lowest BCUT2D eigenvalue weighted by Crippen LogP contribution is -3.00. The minimum absolute atomic E-state index is 0. The molecule has 1 fully saturated rings. The molecular weight excluding hydrogens is 455 g/mol. The molecule has 30 heavy (non-hydrogen) atoms. The minimum Gasteiger partial charge on any atom is -1.00 e. The van der Waals surface area contributed by atoms with Crippen LogP contribution in [0.3, 0.4) is 0 Å². The van der Waals surface area contributed by atoms with E-state index in [1.807, 2.05) is 6.92 Å². The second kappa shape index (κ2) is 9.90. The van der Waals surface area contributed by atoms with Gasteiger partial charge in [-0.1, -0.05) is 54.6 Å². The second-order valence-electron chi connectivity index (χ2n) is 7.64. The Morgan fingerprint density at radius 2 is 1.13 bits per heavy atom. The van der Waals surface area contributed by atoms with Gasteiger partial charge < -0.3 is 21.7 Å². The van der Waals surface area contributed by atoms with Gasteiger partial charge in [-0.2, -0.15) is 0 Å². The molecule has 0 heterocycles. The third kappa shape index (κ3) is 3.63. The van der Waals surface area contributed by atoms with Gasteiger partial charge in [0, 0.05) is 0 Å². The molecule has 4 rings (SSSR count). The van der Waals surface area contributed by atoms with Gasteiger partial charge in [-0.05, 0) is 69.0 Å². The molecule has 4 heteroatoms. The monoisotopic (exact) mass is 482 g/mol. The third-order valence-corrected chi connectivity index (χ3v) is 11.3. The molecule has 0 radical (unpaired) electrons. The molecule has 1 aliphatic carbocycles. The highest BCUT2D eigenvalue weighted by Crippen LogP contribution is 2.71. The SMILES string of the molecule is CCOC(=O)C1([P+](c2ccccc2)(c2ccccc2)c2ccccc2)CCCC1.[Br-]. The summed E-state index contributed by atoms with van der Waals surface area (Å²) < 4.78 is 5.79. The maximum Gasteiger partial charge on any atom is 0.351 e. The van der Waals surface area contributed by atoms with Gasteiger partial charge in [0.2, 0.25) is 0 Å². The van der Waals surface area contributed by atoms with Crippen LogP contribution in [0.1, 0.15) is 32.6 Å². The normalized spacial score (nSPS) is 15.2. The van der Waals surface area contributed by atoms with Crippen LogP contribution in [-0.4, -0.2) is 17.7 Å². The smallest absolute Gasteiger partial charge is 0.351 e. The van der Waals surface area contributed by atoms with E-state index >= 15 is 0 Å². The highest BCUT2D eigenvalue weighted by Gasteiger charge is 2.68. The van der Waals surface area contributed by atoms with Crippen molar-refractivity contribution in [2.75, 3.05) is 6.61 Å². The summed E-state index contributed by atoms with van der Waals surface area (Å²) in [7, 11) is -2.29. The summed E-state index contributed by atoms with van der Waals surface area (Å²) in [6.45, 7) is 2.33. The summed E-state index contributed by atoms with van der Waals surface area (Å²) in [5, 5.41) is 3.25. The van der Waals surface area contributed by atoms with Gasteiger partial charge in [0.15, 0.2) is 5.16 Å². The largest absolute Gasteiger partial charge is 1.00 e. The highest BCUT2D eigenvalue weighted by molar-refractivity contribution is 7.97. The van der Waals surface area contributed by atoms with Crippen molar-refractivity contribution in [3.05, 3.63) is 91.0 Å². The first-order valence-electron chi connectivity index (χ1n) is 10.5. The number of ether oxygens (including phenoxy) is 1. The van der Waals surface area contributed by atoms with E-state index in [-0.39, 0.29) is 23.0 Å². The van der Waals surface area contributed by atoms with Crippen LogP contribution in [0.5, 0.6) is 0 Å². The Bertz CT molecular complexity index is 842. The second-order valence-corrected chi connectivity index (χ2v) is 11.4. The quantitative estimate of drug-likeness (QED) is 0.396. The number of carbonyl (C=O) groups is 1. The van der Waals surface area contributed by atoms with Crippen molar-refractivity contribution in [1.82, 2.24) is 0 Å². The summed E-state index contributed by atoms with van der Waals surface area (Å²) >= 11 is 0. The van der Waals surface area contributed by atoms with Gasteiger partial charge in [0.05, 0.1) is 6.61 Å². The Hall–Kier alpha value is -1.96. The molecule has 0 atom stereocenters. The Kier molecular flexibility index (Phi) is 7.50. The average molecular weight is 483 g/mol. The number of halogens is 1. The first-order valence-corrected chi connectivity index (χ1v) is 12.3. The molecule has 2 nitrogen and oxygen atoms in total. The van der Waals surface area contributed by atoms with Gasteiger partial charge in [0.1, 0.15) is 23.2 Å².